The molecule has 1 aromatic carbocycles. The molecule has 1 N–H and O–H groups in total. The Morgan fingerprint density at radius 3 is 2.52 bits per heavy atom. The van der Waals surface area contributed by atoms with Gasteiger partial charge in [-0.2, -0.15) is 0 Å². The maximum Gasteiger partial charge on any atom is 0.317 e. The van der Waals surface area contributed by atoms with E-state index in [0.29, 0.717) is 32.6 Å². The zero-order valence-electron chi connectivity index (χ0n) is 18.6. The molecule has 31 heavy (non-hydrogen) atoms. The number of likely N-dealkylation sites (N-methyl/N-ethyl adjacent to an activating group) is 1. The van der Waals surface area contributed by atoms with Gasteiger partial charge in [0.05, 0.1) is 4.92 Å². The number of nitro groups is 1. The normalized spacial score (nSPS) is 26.8. The van der Waals surface area contributed by atoms with E-state index < -0.39 is 0 Å². The number of carbonyl (C=O) groups excluding carboxylic acids is 2. The summed E-state index contributed by atoms with van der Waals surface area (Å²) in [5, 5.41) is 15.1. The first-order chi connectivity index (χ1) is 14.8. The molecule has 1 aliphatic carbocycles. The number of piperidine rings is 1. The minimum absolute atomic E-state index is 0.0360. The van der Waals surface area contributed by atoms with Gasteiger partial charge in [-0.15, -0.1) is 0 Å². The monoisotopic (exact) mass is 429 g/mol. The van der Waals surface area contributed by atoms with Crippen molar-refractivity contribution in [1.29, 1.82) is 0 Å². The largest absolute Gasteiger partial charge is 0.334 e. The van der Waals surface area contributed by atoms with Crippen LogP contribution in [0.15, 0.2) is 12.1 Å². The summed E-state index contributed by atoms with van der Waals surface area (Å²) in [5.74, 6) is 0.0183. The maximum atomic E-state index is 12.6. The third-order valence-electron chi connectivity index (χ3n) is 7.27. The quantitative estimate of drug-likeness (QED) is 0.586. The van der Waals surface area contributed by atoms with Crippen molar-refractivity contribution < 1.29 is 14.5 Å². The molecule has 0 saturated carbocycles. The van der Waals surface area contributed by atoms with Crippen LogP contribution in [0.25, 0.3) is 0 Å². The molecule has 0 bridgehead atoms. The molecule has 0 radical (unpaired) electrons. The number of likely N-dealkylation sites (tertiary alicyclic amines) is 1. The molecule has 1 aromatic rings. The molecule has 2 heterocycles. The second kappa shape index (κ2) is 8.11. The lowest BCUT2D eigenvalue weighted by atomic mass is 9.69. The fraction of sp³-hybridized carbons (Fsp3) is 0.636. The van der Waals surface area contributed by atoms with Crippen LogP contribution in [0.3, 0.4) is 0 Å². The maximum absolute atomic E-state index is 12.6. The van der Waals surface area contributed by atoms with E-state index in [1.165, 1.54) is 0 Å². The number of hydrogen-bond acceptors (Lipinski definition) is 5. The fourth-order valence-electron chi connectivity index (χ4n) is 5.88. The molecule has 0 spiro atoms. The molecule has 9 nitrogen and oxygen atoms in total. The van der Waals surface area contributed by atoms with E-state index in [9.17, 15) is 19.7 Å². The zero-order chi connectivity index (χ0) is 22.4. The average molecular weight is 430 g/mol. The van der Waals surface area contributed by atoms with Gasteiger partial charge in [0.25, 0.3) is 5.69 Å². The van der Waals surface area contributed by atoms with Gasteiger partial charge in [-0.1, -0.05) is 0 Å². The Balaban J connectivity index is 1.72. The van der Waals surface area contributed by atoms with Crippen LogP contribution >= 0.6 is 0 Å². The van der Waals surface area contributed by atoms with Gasteiger partial charge in [-0.05, 0) is 45.4 Å². The summed E-state index contributed by atoms with van der Waals surface area (Å²) in [5.41, 5.74) is 2.68. The van der Waals surface area contributed by atoms with Crippen LogP contribution in [-0.4, -0.2) is 72.0 Å². The van der Waals surface area contributed by atoms with Gasteiger partial charge in [0, 0.05) is 74.3 Å². The number of nitrogens with zero attached hydrogens (tertiary/aromatic N) is 4. The lowest BCUT2D eigenvalue weighted by molar-refractivity contribution is -0.386. The first-order valence-electron chi connectivity index (χ1n) is 11.1. The molecular formula is C22H31N5O4. The summed E-state index contributed by atoms with van der Waals surface area (Å²) in [4.78, 5) is 42.2. The van der Waals surface area contributed by atoms with Crippen molar-refractivity contribution >= 4 is 23.3 Å². The number of nitrogens with one attached hydrogen (secondary N) is 1. The van der Waals surface area contributed by atoms with Gasteiger partial charge in [0.15, 0.2) is 0 Å². The Bertz CT molecular complexity index is 915. The number of rotatable bonds is 4. The van der Waals surface area contributed by atoms with Crippen molar-refractivity contribution in [2.75, 3.05) is 38.1 Å². The molecular weight excluding hydrogens is 398 g/mol. The van der Waals surface area contributed by atoms with Crippen molar-refractivity contribution in [2.45, 2.75) is 57.5 Å². The summed E-state index contributed by atoms with van der Waals surface area (Å²) < 4.78 is 0. The first kappa shape index (κ1) is 21.5. The molecule has 4 atom stereocenters. The lowest BCUT2D eigenvalue weighted by Gasteiger charge is -2.47. The second-order valence-electron chi connectivity index (χ2n) is 8.92. The van der Waals surface area contributed by atoms with Gasteiger partial charge in [0.2, 0.25) is 5.91 Å². The van der Waals surface area contributed by atoms with Gasteiger partial charge < -0.3 is 20.0 Å². The second-order valence-corrected chi connectivity index (χ2v) is 8.92. The highest BCUT2D eigenvalue weighted by atomic mass is 16.6. The number of carbonyl (C=O) groups is 2. The molecule has 9 heteroatoms. The number of benzene rings is 1. The Morgan fingerprint density at radius 2 is 1.90 bits per heavy atom. The van der Waals surface area contributed by atoms with Crippen LogP contribution in [0.5, 0.6) is 0 Å². The number of amides is 3. The Hall–Kier alpha value is -2.68. The molecule has 1 saturated heterocycles. The van der Waals surface area contributed by atoms with Gasteiger partial charge in [0.1, 0.15) is 0 Å². The molecule has 4 rings (SSSR count). The average Bonchev–Trinajstić information content (AvgIpc) is 3.09. The molecule has 2 aliphatic heterocycles. The SMILES string of the molecule is CCN(CC)C(=O)N[C@H]1CC2c3c([N+](=O)[O-])ccc4c3C(C[C@H]2N(C)C1)CN4C(C)=O. The summed E-state index contributed by atoms with van der Waals surface area (Å²) in [6, 6.07) is 3.25. The highest BCUT2D eigenvalue weighted by Crippen LogP contribution is 2.54. The van der Waals surface area contributed by atoms with Crippen molar-refractivity contribution in [3.63, 3.8) is 0 Å². The van der Waals surface area contributed by atoms with Crippen LogP contribution in [0, 0.1) is 10.1 Å². The topological polar surface area (TPSA) is 99.0 Å². The molecule has 3 aliphatic rings. The smallest absolute Gasteiger partial charge is 0.317 e. The fourth-order valence-corrected chi connectivity index (χ4v) is 5.88. The van der Waals surface area contributed by atoms with E-state index in [4.69, 9.17) is 0 Å². The van der Waals surface area contributed by atoms with E-state index in [0.717, 1.165) is 23.2 Å². The number of anilines is 1. The summed E-state index contributed by atoms with van der Waals surface area (Å²) in [6.45, 7) is 8.01. The van der Waals surface area contributed by atoms with Crippen LogP contribution in [0.2, 0.25) is 0 Å². The van der Waals surface area contributed by atoms with Gasteiger partial charge in [-0.25, -0.2) is 4.79 Å². The van der Waals surface area contributed by atoms with E-state index in [-0.39, 0.29) is 46.5 Å². The van der Waals surface area contributed by atoms with Crippen LogP contribution < -0.4 is 10.2 Å². The van der Waals surface area contributed by atoms with Gasteiger partial charge >= 0.3 is 6.03 Å². The third-order valence-corrected chi connectivity index (χ3v) is 7.27. The van der Waals surface area contributed by atoms with Crippen LogP contribution in [0.1, 0.15) is 56.6 Å². The minimum Gasteiger partial charge on any atom is -0.334 e. The van der Waals surface area contributed by atoms with Crippen molar-refractivity contribution in [3.05, 3.63) is 33.4 Å². The van der Waals surface area contributed by atoms with E-state index in [1.54, 1.807) is 28.9 Å². The summed E-state index contributed by atoms with van der Waals surface area (Å²) in [7, 11) is 2.03. The van der Waals surface area contributed by atoms with Crippen molar-refractivity contribution in [1.82, 2.24) is 15.1 Å². The van der Waals surface area contributed by atoms with E-state index in [2.05, 4.69) is 10.2 Å². The molecule has 3 amide bonds. The summed E-state index contributed by atoms with van der Waals surface area (Å²) >= 11 is 0. The van der Waals surface area contributed by atoms with Crippen LogP contribution in [-0.2, 0) is 4.79 Å². The van der Waals surface area contributed by atoms with E-state index >= 15 is 0 Å². The molecule has 1 fully saturated rings. The zero-order valence-corrected chi connectivity index (χ0v) is 18.6. The Morgan fingerprint density at radius 1 is 1.19 bits per heavy atom. The highest BCUT2D eigenvalue weighted by molar-refractivity contribution is 5.95. The predicted octanol–water partition coefficient (Wildman–Crippen LogP) is 2.66. The number of urea groups is 1. The number of fused-ring (bicyclic) bond motifs is 2. The first-order valence-corrected chi connectivity index (χ1v) is 11.1. The molecule has 168 valence electrons. The van der Waals surface area contributed by atoms with E-state index in [1.807, 2.05) is 20.9 Å². The highest BCUT2D eigenvalue weighted by Gasteiger charge is 2.49. The Kier molecular flexibility index (Phi) is 5.63. The number of nitro benzene ring substituents is 1. The minimum atomic E-state index is -0.302. The van der Waals surface area contributed by atoms with Crippen molar-refractivity contribution in [2.24, 2.45) is 0 Å². The predicted molar refractivity (Wildman–Crippen MR) is 117 cm³/mol. The van der Waals surface area contributed by atoms with Crippen LogP contribution in [0.4, 0.5) is 16.2 Å². The lowest BCUT2D eigenvalue weighted by Crippen LogP contribution is -2.56. The van der Waals surface area contributed by atoms with Gasteiger partial charge in [-0.3, -0.25) is 14.9 Å². The molecule has 0 aromatic heterocycles. The Labute approximate surface area is 182 Å². The molecule has 2 unspecified atom stereocenters. The summed E-state index contributed by atoms with van der Waals surface area (Å²) in [6.07, 6.45) is 1.52. The number of hydrogen-bond donors (Lipinski definition) is 1. The van der Waals surface area contributed by atoms with Crippen molar-refractivity contribution in [3.8, 4) is 0 Å². The third kappa shape index (κ3) is 3.54. The standard InChI is InChI=1S/C22H31N5O4/c1-5-25(6-2)22(29)23-15-10-16-19(24(4)12-15)9-14-11-26(13(3)28)17-7-8-18(27(30)31)21(16)20(14)17/h7-8,14-16,19H,5-6,9-12H2,1-4H3,(H,23,29)/t14?,15-,16?,19+/m0/s1.